The highest BCUT2D eigenvalue weighted by atomic mass is 16.5. The van der Waals surface area contributed by atoms with Crippen LogP contribution >= 0.6 is 0 Å². The van der Waals surface area contributed by atoms with Gasteiger partial charge in [0.2, 0.25) is 5.91 Å². The maximum Gasteiger partial charge on any atom is 0.237 e. The van der Waals surface area contributed by atoms with Crippen molar-refractivity contribution < 1.29 is 19.4 Å². The number of phenolic OH excluding ortho intramolecular Hbond substituents is 1. The molecule has 2 rings (SSSR count). The highest BCUT2D eigenvalue weighted by molar-refractivity contribution is 5.81. The Bertz CT molecular complexity index is 469. The van der Waals surface area contributed by atoms with Crippen LogP contribution in [0.25, 0.3) is 0 Å². The van der Waals surface area contributed by atoms with E-state index in [9.17, 15) is 9.90 Å². The standard InChI is InChI=1S/C15H22N2O4/c1-20-15(6-7-21-10-15)9-17-14(19)13(16)8-11-2-4-12(18)5-3-11/h2-5,13,18H,6-10,16H2,1H3,(H,17,19)/t13-,15?/m1/s1. The number of rotatable bonds is 6. The van der Waals surface area contributed by atoms with Gasteiger partial charge >= 0.3 is 0 Å². The van der Waals surface area contributed by atoms with Gasteiger partial charge in [0.1, 0.15) is 11.4 Å². The van der Waals surface area contributed by atoms with Gasteiger partial charge in [-0.2, -0.15) is 0 Å². The largest absolute Gasteiger partial charge is 0.508 e. The molecule has 0 aromatic heterocycles. The molecule has 1 unspecified atom stereocenters. The lowest BCUT2D eigenvalue weighted by molar-refractivity contribution is -0.124. The van der Waals surface area contributed by atoms with Gasteiger partial charge in [0, 0.05) is 26.7 Å². The third kappa shape index (κ3) is 4.17. The van der Waals surface area contributed by atoms with Crippen molar-refractivity contribution in [3.63, 3.8) is 0 Å². The van der Waals surface area contributed by atoms with Gasteiger partial charge in [-0.1, -0.05) is 12.1 Å². The molecule has 6 heteroatoms. The van der Waals surface area contributed by atoms with Crippen LogP contribution in [-0.2, 0) is 20.7 Å². The maximum atomic E-state index is 12.0. The fraction of sp³-hybridized carbons (Fsp3) is 0.533. The molecule has 4 N–H and O–H groups in total. The Morgan fingerprint density at radius 2 is 2.24 bits per heavy atom. The second kappa shape index (κ2) is 6.89. The minimum absolute atomic E-state index is 0.194. The lowest BCUT2D eigenvalue weighted by Crippen LogP contribution is -2.50. The number of aromatic hydroxyl groups is 1. The minimum atomic E-state index is -0.634. The zero-order chi connectivity index (χ0) is 15.3. The number of benzene rings is 1. The predicted molar refractivity (Wildman–Crippen MR) is 78.0 cm³/mol. The van der Waals surface area contributed by atoms with Gasteiger partial charge < -0.3 is 25.6 Å². The van der Waals surface area contributed by atoms with Crippen molar-refractivity contribution in [3.8, 4) is 5.75 Å². The third-order valence-corrected chi connectivity index (χ3v) is 3.81. The predicted octanol–water partition coefficient (Wildman–Crippen LogP) is 0.184. The first-order chi connectivity index (χ1) is 10.0. The minimum Gasteiger partial charge on any atom is -0.508 e. The van der Waals surface area contributed by atoms with Crippen LogP contribution in [0.2, 0.25) is 0 Å². The van der Waals surface area contributed by atoms with Crippen molar-refractivity contribution in [2.45, 2.75) is 24.5 Å². The highest BCUT2D eigenvalue weighted by Gasteiger charge is 2.35. The first-order valence-corrected chi connectivity index (χ1v) is 6.99. The van der Waals surface area contributed by atoms with Gasteiger partial charge in [-0.25, -0.2) is 0 Å². The van der Waals surface area contributed by atoms with E-state index in [2.05, 4.69) is 5.32 Å². The Morgan fingerprint density at radius 3 is 2.81 bits per heavy atom. The number of hydrogen-bond donors (Lipinski definition) is 3. The fourth-order valence-electron chi connectivity index (χ4n) is 2.32. The molecule has 0 radical (unpaired) electrons. The zero-order valence-electron chi connectivity index (χ0n) is 12.2. The Balaban J connectivity index is 1.83. The van der Waals surface area contributed by atoms with Gasteiger partial charge in [0.15, 0.2) is 0 Å². The summed E-state index contributed by atoms with van der Waals surface area (Å²) in [5.74, 6) is -0.0218. The first-order valence-electron chi connectivity index (χ1n) is 6.99. The zero-order valence-corrected chi connectivity index (χ0v) is 12.2. The van der Waals surface area contributed by atoms with E-state index in [1.807, 2.05) is 0 Å². The summed E-state index contributed by atoms with van der Waals surface area (Å²) >= 11 is 0. The molecule has 6 nitrogen and oxygen atoms in total. The van der Waals surface area contributed by atoms with Gasteiger partial charge in [-0.3, -0.25) is 4.79 Å². The van der Waals surface area contributed by atoms with Crippen LogP contribution in [-0.4, -0.2) is 49.5 Å². The molecule has 0 bridgehead atoms. The van der Waals surface area contributed by atoms with E-state index in [-0.39, 0.29) is 11.7 Å². The van der Waals surface area contributed by atoms with Crippen LogP contribution < -0.4 is 11.1 Å². The number of carbonyl (C=O) groups excluding carboxylic acids is 1. The van der Waals surface area contributed by atoms with Crippen molar-refractivity contribution >= 4 is 5.91 Å². The van der Waals surface area contributed by atoms with Crippen molar-refractivity contribution in [1.29, 1.82) is 0 Å². The number of nitrogens with two attached hydrogens (primary N) is 1. The van der Waals surface area contributed by atoms with E-state index in [1.165, 1.54) is 0 Å². The molecule has 1 saturated heterocycles. The quantitative estimate of drug-likeness (QED) is 0.696. The lowest BCUT2D eigenvalue weighted by Gasteiger charge is -2.26. The summed E-state index contributed by atoms with van der Waals surface area (Å²) in [7, 11) is 1.62. The Labute approximate surface area is 124 Å². The summed E-state index contributed by atoms with van der Waals surface area (Å²) in [6.07, 6.45) is 1.18. The molecular formula is C15H22N2O4. The number of amides is 1. The average Bonchev–Trinajstić information content (AvgIpc) is 2.96. The molecule has 1 heterocycles. The summed E-state index contributed by atoms with van der Waals surface area (Å²) in [6, 6.07) is 6.03. The van der Waals surface area contributed by atoms with Crippen molar-refractivity contribution in [1.82, 2.24) is 5.32 Å². The van der Waals surface area contributed by atoms with E-state index >= 15 is 0 Å². The van der Waals surface area contributed by atoms with E-state index < -0.39 is 11.6 Å². The number of hydrogen-bond acceptors (Lipinski definition) is 5. The Kier molecular flexibility index (Phi) is 5.17. The molecule has 116 valence electrons. The number of methoxy groups -OCH3 is 1. The number of nitrogens with one attached hydrogen (secondary N) is 1. The van der Waals surface area contributed by atoms with Gasteiger partial charge in [0.05, 0.1) is 12.6 Å². The lowest BCUT2D eigenvalue weighted by atomic mass is 10.0. The molecule has 1 aromatic carbocycles. The monoisotopic (exact) mass is 294 g/mol. The Hall–Kier alpha value is -1.63. The van der Waals surface area contributed by atoms with Crippen LogP contribution in [0.5, 0.6) is 5.75 Å². The summed E-state index contributed by atoms with van der Waals surface area (Å²) < 4.78 is 10.8. The number of phenols is 1. The number of ether oxygens (including phenoxy) is 2. The van der Waals surface area contributed by atoms with Gasteiger partial charge in [-0.05, 0) is 24.1 Å². The van der Waals surface area contributed by atoms with E-state index in [0.717, 1.165) is 12.0 Å². The summed E-state index contributed by atoms with van der Waals surface area (Å²) in [5.41, 5.74) is 6.38. The topological polar surface area (TPSA) is 93.8 Å². The fourth-order valence-corrected chi connectivity index (χ4v) is 2.32. The van der Waals surface area contributed by atoms with Crippen LogP contribution in [0.4, 0.5) is 0 Å². The summed E-state index contributed by atoms with van der Waals surface area (Å²) in [4.78, 5) is 12.0. The highest BCUT2D eigenvalue weighted by Crippen LogP contribution is 2.21. The van der Waals surface area contributed by atoms with E-state index in [4.69, 9.17) is 15.2 Å². The van der Waals surface area contributed by atoms with E-state index in [1.54, 1.807) is 31.4 Å². The SMILES string of the molecule is COC1(CNC(=O)[C@H](N)Cc2ccc(O)cc2)CCOC1. The summed E-state index contributed by atoms with van der Waals surface area (Å²) in [5, 5.41) is 12.1. The molecule has 1 aliphatic rings. The van der Waals surface area contributed by atoms with Crippen LogP contribution in [0, 0.1) is 0 Å². The van der Waals surface area contributed by atoms with Crippen molar-refractivity contribution in [2.24, 2.45) is 5.73 Å². The molecule has 1 fully saturated rings. The molecule has 1 aliphatic heterocycles. The second-order valence-electron chi connectivity index (χ2n) is 5.38. The molecule has 0 saturated carbocycles. The molecule has 1 aromatic rings. The van der Waals surface area contributed by atoms with Crippen LogP contribution in [0.3, 0.4) is 0 Å². The number of carbonyl (C=O) groups is 1. The Morgan fingerprint density at radius 1 is 1.52 bits per heavy atom. The molecular weight excluding hydrogens is 272 g/mol. The first kappa shape index (κ1) is 15.8. The van der Waals surface area contributed by atoms with Crippen LogP contribution in [0.1, 0.15) is 12.0 Å². The molecule has 21 heavy (non-hydrogen) atoms. The van der Waals surface area contributed by atoms with Crippen LogP contribution in [0.15, 0.2) is 24.3 Å². The normalized spacial score (nSPS) is 23.0. The molecule has 2 atom stereocenters. The average molecular weight is 294 g/mol. The van der Waals surface area contributed by atoms with E-state index in [0.29, 0.717) is 26.2 Å². The third-order valence-electron chi connectivity index (χ3n) is 3.81. The molecule has 0 aliphatic carbocycles. The van der Waals surface area contributed by atoms with Crippen molar-refractivity contribution in [3.05, 3.63) is 29.8 Å². The maximum absolute atomic E-state index is 12.0. The second-order valence-corrected chi connectivity index (χ2v) is 5.38. The molecule has 1 amide bonds. The smallest absolute Gasteiger partial charge is 0.237 e. The summed E-state index contributed by atoms with van der Waals surface area (Å²) in [6.45, 7) is 1.52. The van der Waals surface area contributed by atoms with Gasteiger partial charge in [-0.15, -0.1) is 0 Å². The molecule has 0 spiro atoms. The van der Waals surface area contributed by atoms with Gasteiger partial charge in [0.25, 0.3) is 0 Å². The van der Waals surface area contributed by atoms with Crippen molar-refractivity contribution in [2.75, 3.05) is 26.9 Å².